The van der Waals surface area contributed by atoms with Gasteiger partial charge in [0.05, 0.1) is 12.5 Å². The Morgan fingerprint density at radius 1 is 1.32 bits per heavy atom. The maximum Gasteiger partial charge on any atom is 0.334 e. The van der Waals surface area contributed by atoms with Crippen molar-refractivity contribution < 1.29 is 19.4 Å². The first-order valence-electron chi connectivity index (χ1n) is 6.18. The molecule has 0 fully saturated rings. The molecule has 0 heterocycles. The van der Waals surface area contributed by atoms with Crippen LogP contribution >= 0.6 is 0 Å². The number of carbonyl (C=O) groups is 2. The molecule has 19 heavy (non-hydrogen) atoms. The van der Waals surface area contributed by atoms with Crippen LogP contribution in [0.1, 0.15) is 24.8 Å². The van der Waals surface area contributed by atoms with Gasteiger partial charge in [0.2, 0.25) is 5.91 Å². The van der Waals surface area contributed by atoms with E-state index in [1.807, 2.05) is 37.3 Å². The standard InChI is InChI=1S/C14H19NO4/c1-3-11(10-7-5-4-6-8-10)13(16)15-9-12(19-2)14(17)18/h4-8,11-12H,3,9H2,1-2H3,(H,15,16)(H,17,18). The summed E-state index contributed by atoms with van der Waals surface area (Å²) in [6, 6.07) is 9.41. The maximum absolute atomic E-state index is 12.1. The molecule has 0 aliphatic carbocycles. The zero-order valence-electron chi connectivity index (χ0n) is 11.1. The van der Waals surface area contributed by atoms with Gasteiger partial charge in [0.1, 0.15) is 0 Å². The van der Waals surface area contributed by atoms with Crippen LogP contribution in [0.5, 0.6) is 0 Å². The Morgan fingerprint density at radius 3 is 2.42 bits per heavy atom. The van der Waals surface area contributed by atoms with E-state index >= 15 is 0 Å². The molecular weight excluding hydrogens is 246 g/mol. The molecule has 104 valence electrons. The predicted molar refractivity (Wildman–Crippen MR) is 70.9 cm³/mol. The van der Waals surface area contributed by atoms with Gasteiger partial charge < -0.3 is 15.2 Å². The van der Waals surface area contributed by atoms with E-state index in [2.05, 4.69) is 5.32 Å². The summed E-state index contributed by atoms with van der Waals surface area (Å²) >= 11 is 0. The van der Waals surface area contributed by atoms with Crippen molar-refractivity contribution in [2.24, 2.45) is 0 Å². The molecule has 0 bridgehead atoms. The summed E-state index contributed by atoms with van der Waals surface area (Å²) in [6.07, 6.45) is -0.363. The average molecular weight is 265 g/mol. The van der Waals surface area contributed by atoms with Crippen molar-refractivity contribution in [3.63, 3.8) is 0 Å². The number of rotatable bonds is 7. The number of amides is 1. The molecule has 1 aromatic carbocycles. The second kappa shape index (κ2) is 7.53. The van der Waals surface area contributed by atoms with Crippen molar-refractivity contribution >= 4 is 11.9 Å². The highest BCUT2D eigenvalue weighted by Crippen LogP contribution is 2.19. The van der Waals surface area contributed by atoms with Gasteiger partial charge in [-0.15, -0.1) is 0 Å². The molecule has 1 aromatic rings. The minimum absolute atomic E-state index is 0.0337. The van der Waals surface area contributed by atoms with Gasteiger partial charge in [-0.1, -0.05) is 37.3 Å². The zero-order chi connectivity index (χ0) is 14.3. The number of carbonyl (C=O) groups excluding carboxylic acids is 1. The molecular formula is C14H19NO4. The number of aliphatic carboxylic acids is 1. The maximum atomic E-state index is 12.1. The monoisotopic (exact) mass is 265 g/mol. The van der Waals surface area contributed by atoms with Crippen molar-refractivity contribution in [1.29, 1.82) is 0 Å². The first-order valence-corrected chi connectivity index (χ1v) is 6.18. The summed E-state index contributed by atoms with van der Waals surface area (Å²) in [7, 11) is 1.31. The first kappa shape index (κ1) is 15.2. The van der Waals surface area contributed by atoms with Crippen molar-refractivity contribution in [2.45, 2.75) is 25.4 Å². The Bertz CT molecular complexity index is 419. The topological polar surface area (TPSA) is 75.6 Å². The van der Waals surface area contributed by atoms with Crippen molar-refractivity contribution in [3.8, 4) is 0 Å². The lowest BCUT2D eigenvalue weighted by molar-refractivity contribution is -0.148. The van der Waals surface area contributed by atoms with E-state index < -0.39 is 12.1 Å². The zero-order valence-corrected chi connectivity index (χ0v) is 11.1. The molecule has 0 saturated heterocycles. The number of hydrogen-bond acceptors (Lipinski definition) is 3. The number of carboxylic acid groups (broad SMARTS) is 1. The number of methoxy groups -OCH3 is 1. The van der Waals surface area contributed by atoms with Gasteiger partial charge >= 0.3 is 5.97 Å². The molecule has 0 aliphatic heterocycles. The average Bonchev–Trinajstić information content (AvgIpc) is 2.41. The lowest BCUT2D eigenvalue weighted by Crippen LogP contribution is -2.39. The minimum atomic E-state index is -1.09. The largest absolute Gasteiger partial charge is 0.479 e. The van der Waals surface area contributed by atoms with Crippen LogP contribution < -0.4 is 5.32 Å². The first-order chi connectivity index (χ1) is 9.10. The minimum Gasteiger partial charge on any atom is -0.479 e. The fourth-order valence-electron chi connectivity index (χ4n) is 1.85. The summed E-state index contributed by atoms with van der Waals surface area (Å²) in [4.78, 5) is 22.8. The third-order valence-electron chi connectivity index (χ3n) is 2.95. The van der Waals surface area contributed by atoms with Gasteiger partial charge in [-0.05, 0) is 12.0 Å². The molecule has 1 rings (SSSR count). The Kier molecular flexibility index (Phi) is 6.02. The fraction of sp³-hybridized carbons (Fsp3) is 0.429. The molecule has 2 N–H and O–H groups in total. The van der Waals surface area contributed by atoms with Crippen LogP contribution in [-0.4, -0.2) is 36.7 Å². The quantitative estimate of drug-likeness (QED) is 0.781. The smallest absolute Gasteiger partial charge is 0.334 e. The molecule has 0 aliphatic rings. The van der Waals surface area contributed by atoms with Crippen LogP contribution in [0.25, 0.3) is 0 Å². The van der Waals surface area contributed by atoms with E-state index in [1.54, 1.807) is 0 Å². The highest BCUT2D eigenvalue weighted by molar-refractivity contribution is 5.84. The normalized spacial score (nSPS) is 13.6. The van der Waals surface area contributed by atoms with E-state index in [9.17, 15) is 9.59 Å². The second-order valence-corrected chi connectivity index (χ2v) is 4.18. The molecule has 5 heteroatoms. The van der Waals surface area contributed by atoms with Gasteiger partial charge in [0.15, 0.2) is 6.10 Å². The van der Waals surface area contributed by atoms with E-state index in [-0.39, 0.29) is 18.4 Å². The predicted octanol–water partition coefficient (Wildman–Crippen LogP) is 1.40. The van der Waals surface area contributed by atoms with Crippen LogP contribution in [0.3, 0.4) is 0 Å². The fourth-order valence-corrected chi connectivity index (χ4v) is 1.85. The molecule has 5 nitrogen and oxygen atoms in total. The highest BCUT2D eigenvalue weighted by Gasteiger charge is 2.22. The summed E-state index contributed by atoms with van der Waals surface area (Å²) in [5.74, 6) is -1.54. The molecule has 2 unspecified atom stereocenters. The van der Waals surface area contributed by atoms with E-state index in [0.717, 1.165) is 5.56 Å². The van der Waals surface area contributed by atoms with Crippen molar-refractivity contribution in [3.05, 3.63) is 35.9 Å². The number of benzene rings is 1. The third kappa shape index (κ3) is 4.37. The van der Waals surface area contributed by atoms with Crippen molar-refractivity contribution in [1.82, 2.24) is 5.32 Å². The van der Waals surface area contributed by atoms with E-state index in [1.165, 1.54) is 7.11 Å². The molecule has 2 atom stereocenters. The van der Waals surface area contributed by atoms with Crippen LogP contribution in [0.15, 0.2) is 30.3 Å². The van der Waals surface area contributed by atoms with E-state index in [4.69, 9.17) is 9.84 Å². The highest BCUT2D eigenvalue weighted by atomic mass is 16.5. The summed E-state index contributed by atoms with van der Waals surface area (Å²) in [5, 5.41) is 11.4. The van der Waals surface area contributed by atoms with Gasteiger partial charge in [-0.25, -0.2) is 4.79 Å². The van der Waals surface area contributed by atoms with Crippen LogP contribution in [0.4, 0.5) is 0 Å². The van der Waals surface area contributed by atoms with Crippen LogP contribution in [0, 0.1) is 0 Å². The SMILES string of the molecule is CCC(C(=O)NCC(OC)C(=O)O)c1ccccc1. The molecule has 1 amide bonds. The Morgan fingerprint density at radius 2 is 1.95 bits per heavy atom. The van der Waals surface area contributed by atoms with Gasteiger partial charge in [0, 0.05) is 7.11 Å². The lowest BCUT2D eigenvalue weighted by atomic mass is 9.95. The van der Waals surface area contributed by atoms with Gasteiger partial charge in [-0.2, -0.15) is 0 Å². The van der Waals surface area contributed by atoms with Crippen LogP contribution in [0.2, 0.25) is 0 Å². The summed E-state index contributed by atoms with van der Waals surface area (Å²) < 4.78 is 4.77. The molecule has 0 spiro atoms. The lowest BCUT2D eigenvalue weighted by Gasteiger charge is -2.17. The molecule has 0 saturated carbocycles. The Labute approximate surface area is 112 Å². The van der Waals surface area contributed by atoms with Gasteiger partial charge in [-0.3, -0.25) is 4.79 Å². The number of nitrogens with one attached hydrogen (secondary N) is 1. The number of hydrogen-bond donors (Lipinski definition) is 2. The number of ether oxygens (including phenoxy) is 1. The Balaban J connectivity index is 2.63. The number of carboxylic acids is 1. The molecule has 0 aromatic heterocycles. The summed E-state index contributed by atoms with van der Waals surface area (Å²) in [6.45, 7) is 1.89. The second-order valence-electron chi connectivity index (χ2n) is 4.18. The van der Waals surface area contributed by atoms with Crippen molar-refractivity contribution in [2.75, 3.05) is 13.7 Å². The third-order valence-corrected chi connectivity index (χ3v) is 2.95. The van der Waals surface area contributed by atoms with E-state index in [0.29, 0.717) is 6.42 Å². The van der Waals surface area contributed by atoms with Crippen LogP contribution in [-0.2, 0) is 14.3 Å². The van der Waals surface area contributed by atoms with Gasteiger partial charge in [0.25, 0.3) is 0 Å². The summed E-state index contributed by atoms with van der Waals surface area (Å²) in [5.41, 5.74) is 0.923. The Hall–Kier alpha value is -1.88. The molecule has 0 radical (unpaired) electrons.